The average Bonchev–Trinajstić information content (AvgIpc) is 3.13. The van der Waals surface area contributed by atoms with Gasteiger partial charge >= 0.3 is 0 Å². The summed E-state index contributed by atoms with van der Waals surface area (Å²) in [6.07, 6.45) is 2.87. The normalized spacial score (nSPS) is 15.6. The quantitative estimate of drug-likeness (QED) is 0.851. The highest BCUT2D eigenvalue weighted by molar-refractivity contribution is 7.88. The standard InChI is InChI=1S/C16H22N4O3S2/c1-3-14-5-6-15(24-14)16(21)17-10-12-9-13-11-19(25(2,22)23)7-4-8-20(13)18-12/h5-6,9H,3-4,7-8,10-11H2,1-2H3,(H,17,21). The lowest BCUT2D eigenvalue weighted by Gasteiger charge is -2.16. The lowest BCUT2D eigenvalue weighted by atomic mass is 10.3. The molecule has 0 bridgehead atoms. The zero-order chi connectivity index (χ0) is 18.0. The van der Waals surface area contributed by atoms with E-state index in [-0.39, 0.29) is 5.91 Å². The van der Waals surface area contributed by atoms with Crippen LogP contribution in [0.15, 0.2) is 18.2 Å². The minimum atomic E-state index is -3.22. The number of nitrogens with zero attached hydrogens (tertiary/aromatic N) is 3. The Morgan fingerprint density at radius 3 is 2.84 bits per heavy atom. The predicted octanol–water partition coefficient (Wildman–Crippen LogP) is 1.60. The van der Waals surface area contributed by atoms with Crippen molar-refractivity contribution in [3.05, 3.63) is 39.3 Å². The van der Waals surface area contributed by atoms with Crippen molar-refractivity contribution in [3.63, 3.8) is 0 Å². The molecule has 2 aromatic rings. The van der Waals surface area contributed by atoms with Gasteiger partial charge < -0.3 is 5.32 Å². The Bertz CT molecular complexity index is 870. The van der Waals surface area contributed by atoms with Crippen LogP contribution in [0.3, 0.4) is 0 Å². The molecule has 0 atom stereocenters. The van der Waals surface area contributed by atoms with E-state index in [0.717, 1.165) is 24.2 Å². The molecule has 3 heterocycles. The van der Waals surface area contributed by atoms with E-state index >= 15 is 0 Å². The first kappa shape index (κ1) is 18.1. The second kappa shape index (κ2) is 7.27. The van der Waals surface area contributed by atoms with Gasteiger partial charge in [-0.15, -0.1) is 11.3 Å². The minimum Gasteiger partial charge on any atom is -0.346 e. The van der Waals surface area contributed by atoms with Gasteiger partial charge in [-0.25, -0.2) is 8.42 Å². The summed E-state index contributed by atoms with van der Waals surface area (Å²) in [7, 11) is -3.22. The first-order valence-corrected chi connectivity index (χ1v) is 10.9. The summed E-state index contributed by atoms with van der Waals surface area (Å²) in [5.74, 6) is -0.106. The molecule has 0 saturated carbocycles. The van der Waals surface area contributed by atoms with E-state index in [1.54, 1.807) is 0 Å². The van der Waals surface area contributed by atoms with Crippen LogP contribution in [0.1, 0.15) is 39.3 Å². The molecule has 3 rings (SSSR count). The van der Waals surface area contributed by atoms with Crippen molar-refractivity contribution in [2.24, 2.45) is 0 Å². The van der Waals surface area contributed by atoms with Gasteiger partial charge in [-0.3, -0.25) is 9.48 Å². The van der Waals surface area contributed by atoms with Crippen LogP contribution >= 0.6 is 11.3 Å². The molecule has 136 valence electrons. The number of rotatable bonds is 5. The molecule has 1 aliphatic rings. The van der Waals surface area contributed by atoms with Crippen LogP contribution < -0.4 is 5.32 Å². The molecular formula is C16H22N4O3S2. The third kappa shape index (κ3) is 4.28. The van der Waals surface area contributed by atoms with Crippen molar-refractivity contribution in [2.75, 3.05) is 12.8 Å². The molecule has 0 radical (unpaired) electrons. The van der Waals surface area contributed by atoms with Gasteiger partial charge in [0.05, 0.1) is 35.6 Å². The predicted molar refractivity (Wildman–Crippen MR) is 97.0 cm³/mol. The summed E-state index contributed by atoms with van der Waals surface area (Å²) in [6.45, 7) is 3.90. The van der Waals surface area contributed by atoms with Gasteiger partial charge in [-0.05, 0) is 31.0 Å². The van der Waals surface area contributed by atoms with Crippen molar-refractivity contribution in [2.45, 2.75) is 39.4 Å². The Labute approximate surface area is 151 Å². The number of carbonyl (C=O) groups is 1. The SMILES string of the molecule is CCc1ccc(C(=O)NCc2cc3n(n2)CCCN(S(C)(=O)=O)C3)s1. The number of nitrogens with one attached hydrogen (secondary N) is 1. The van der Waals surface area contributed by atoms with E-state index in [1.807, 2.05) is 22.9 Å². The molecule has 1 N–H and O–H groups in total. The molecule has 7 nitrogen and oxygen atoms in total. The molecule has 1 aliphatic heterocycles. The summed E-state index contributed by atoms with van der Waals surface area (Å²) < 4.78 is 26.9. The number of aryl methyl sites for hydroxylation is 2. The lowest BCUT2D eigenvalue weighted by Crippen LogP contribution is -2.29. The van der Waals surface area contributed by atoms with Crippen molar-refractivity contribution in [1.29, 1.82) is 0 Å². The molecular weight excluding hydrogens is 360 g/mol. The summed E-state index contributed by atoms with van der Waals surface area (Å²) in [5, 5.41) is 7.38. The fourth-order valence-corrected chi connectivity index (χ4v) is 4.50. The van der Waals surface area contributed by atoms with Crippen LogP contribution in [0.2, 0.25) is 0 Å². The van der Waals surface area contributed by atoms with E-state index in [4.69, 9.17) is 0 Å². The maximum absolute atomic E-state index is 12.2. The Kier molecular flexibility index (Phi) is 5.26. The molecule has 2 aromatic heterocycles. The lowest BCUT2D eigenvalue weighted by molar-refractivity contribution is 0.0954. The minimum absolute atomic E-state index is 0.106. The third-order valence-corrected chi connectivity index (χ3v) is 6.64. The first-order chi connectivity index (χ1) is 11.9. The summed E-state index contributed by atoms with van der Waals surface area (Å²) >= 11 is 1.50. The maximum atomic E-state index is 12.2. The zero-order valence-electron chi connectivity index (χ0n) is 14.4. The molecule has 0 fully saturated rings. The van der Waals surface area contributed by atoms with Crippen molar-refractivity contribution in [1.82, 2.24) is 19.4 Å². The molecule has 0 unspecified atom stereocenters. The number of aromatic nitrogens is 2. The van der Waals surface area contributed by atoms with Gasteiger partial charge in [0, 0.05) is 18.0 Å². The van der Waals surface area contributed by atoms with Crippen LogP contribution in [0.25, 0.3) is 0 Å². The largest absolute Gasteiger partial charge is 0.346 e. The summed E-state index contributed by atoms with van der Waals surface area (Å²) in [6, 6.07) is 5.68. The monoisotopic (exact) mass is 382 g/mol. The number of thiophene rings is 1. The fourth-order valence-electron chi connectivity index (χ4n) is 2.81. The smallest absolute Gasteiger partial charge is 0.261 e. The molecule has 0 aliphatic carbocycles. The summed E-state index contributed by atoms with van der Waals surface area (Å²) in [5.41, 5.74) is 1.60. The van der Waals surface area contributed by atoms with Gasteiger partial charge in [0.1, 0.15) is 0 Å². The third-order valence-electron chi connectivity index (χ3n) is 4.16. The molecule has 0 aromatic carbocycles. The van der Waals surface area contributed by atoms with Crippen LogP contribution in [0.4, 0.5) is 0 Å². The Balaban J connectivity index is 1.66. The van der Waals surface area contributed by atoms with Crippen LogP contribution in [0, 0.1) is 0 Å². The Hall–Kier alpha value is -1.71. The molecule has 25 heavy (non-hydrogen) atoms. The molecule has 0 spiro atoms. The highest BCUT2D eigenvalue weighted by Crippen LogP contribution is 2.18. The van der Waals surface area contributed by atoms with Crippen LogP contribution in [-0.4, -0.2) is 41.2 Å². The Morgan fingerprint density at radius 1 is 1.36 bits per heavy atom. The number of amides is 1. The zero-order valence-corrected chi connectivity index (χ0v) is 16.0. The number of fused-ring (bicyclic) bond motifs is 1. The first-order valence-electron chi connectivity index (χ1n) is 8.24. The van der Waals surface area contributed by atoms with E-state index in [2.05, 4.69) is 17.3 Å². The van der Waals surface area contributed by atoms with E-state index < -0.39 is 10.0 Å². The van der Waals surface area contributed by atoms with E-state index in [1.165, 1.54) is 26.8 Å². The maximum Gasteiger partial charge on any atom is 0.261 e. The van der Waals surface area contributed by atoms with Gasteiger partial charge in [0.15, 0.2) is 0 Å². The van der Waals surface area contributed by atoms with E-state index in [0.29, 0.717) is 31.1 Å². The fraction of sp³-hybridized carbons (Fsp3) is 0.500. The van der Waals surface area contributed by atoms with Gasteiger partial charge in [-0.1, -0.05) is 6.92 Å². The van der Waals surface area contributed by atoms with E-state index in [9.17, 15) is 13.2 Å². The highest BCUT2D eigenvalue weighted by Gasteiger charge is 2.22. The molecule has 1 amide bonds. The topological polar surface area (TPSA) is 84.3 Å². The van der Waals surface area contributed by atoms with Crippen LogP contribution in [-0.2, 0) is 36.1 Å². The summed E-state index contributed by atoms with van der Waals surface area (Å²) in [4.78, 5) is 14.1. The number of sulfonamides is 1. The second-order valence-electron chi connectivity index (χ2n) is 6.10. The van der Waals surface area contributed by atoms with Crippen molar-refractivity contribution >= 4 is 27.3 Å². The van der Waals surface area contributed by atoms with Gasteiger partial charge in [0.2, 0.25) is 10.0 Å². The second-order valence-corrected chi connectivity index (χ2v) is 9.25. The Morgan fingerprint density at radius 2 is 2.16 bits per heavy atom. The van der Waals surface area contributed by atoms with Crippen LogP contribution in [0.5, 0.6) is 0 Å². The van der Waals surface area contributed by atoms with Gasteiger partial charge in [0.25, 0.3) is 5.91 Å². The van der Waals surface area contributed by atoms with Crippen molar-refractivity contribution in [3.8, 4) is 0 Å². The number of carbonyl (C=O) groups excluding carboxylic acids is 1. The highest BCUT2D eigenvalue weighted by atomic mass is 32.2. The average molecular weight is 383 g/mol. The molecule has 0 saturated heterocycles. The number of hydrogen-bond donors (Lipinski definition) is 1. The van der Waals surface area contributed by atoms with Gasteiger partial charge in [-0.2, -0.15) is 9.40 Å². The molecule has 9 heteroatoms. The van der Waals surface area contributed by atoms with Crippen molar-refractivity contribution < 1.29 is 13.2 Å². The number of hydrogen-bond acceptors (Lipinski definition) is 5.